The lowest BCUT2D eigenvalue weighted by Crippen LogP contribution is -2.08. The first-order chi connectivity index (χ1) is 18.5. The second-order valence-corrected chi connectivity index (χ2v) is 10.5. The second-order valence-electron chi connectivity index (χ2n) is 10.5. The van der Waals surface area contributed by atoms with Crippen molar-refractivity contribution < 1.29 is 17.6 Å². The fourth-order valence-electron chi connectivity index (χ4n) is 5.27. The molecule has 0 fully saturated rings. The number of furan rings is 1. The van der Waals surface area contributed by atoms with Crippen LogP contribution in [0.3, 0.4) is 0 Å². The maximum atomic E-state index is 13.4. The Labute approximate surface area is 223 Å². The fourth-order valence-corrected chi connectivity index (χ4v) is 5.27. The summed E-state index contributed by atoms with van der Waals surface area (Å²) < 4.78 is 48.4. The van der Waals surface area contributed by atoms with E-state index in [0.717, 1.165) is 39.6 Å². The van der Waals surface area contributed by atoms with Gasteiger partial charge in [0.2, 0.25) is 5.71 Å². The van der Waals surface area contributed by atoms with Crippen LogP contribution in [0.1, 0.15) is 62.0 Å². The van der Waals surface area contributed by atoms with Gasteiger partial charge in [-0.2, -0.15) is 13.2 Å². The molecule has 0 spiro atoms. The second kappa shape index (κ2) is 8.93. The molecular weight excluding hydrogens is 501 g/mol. The molecule has 6 aromatic rings. The molecule has 0 unspecified atom stereocenters. The minimum atomic E-state index is -4.57. The van der Waals surface area contributed by atoms with Crippen molar-refractivity contribution in [2.24, 2.45) is 0 Å². The van der Waals surface area contributed by atoms with Crippen LogP contribution >= 0.6 is 0 Å². The Morgan fingerprint density at radius 1 is 0.846 bits per heavy atom. The minimum absolute atomic E-state index is 0.0575. The van der Waals surface area contributed by atoms with E-state index in [9.17, 15) is 13.2 Å². The first kappa shape index (κ1) is 25.1. The quantitative estimate of drug-likeness (QED) is 0.229. The largest absolute Gasteiger partial charge is 0.437 e. The molecule has 0 aliphatic rings. The number of aromatic nitrogens is 4. The standard InChI is InChI=1S/C31H27F3N4O/c1-16(2)19-8-6-9-20(17(3)4)27(19)38-25-15-35-18(5)14-24(25)36-29(38)23-11-7-10-21-22-12-13-26(31(32,33)34)37-30(22)39-28(21)23/h6-17H,1-5H3. The number of fused-ring (bicyclic) bond motifs is 4. The van der Waals surface area contributed by atoms with Crippen molar-refractivity contribution in [2.75, 3.05) is 0 Å². The van der Waals surface area contributed by atoms with Gasteiger partial charge in [0.05, 0.1) is 28.5 Å². The van der Waals surface area contributed by atoms with Crippen LogP contribution in [0.4, 0.5) is 13.2 Å². The summed E-state index contributed by atoms with van der Waals surface area (Å²) in [6.07, 6.45) is -2.74. The van der Waals surface area contributed by atoms with Gasteiger partial charge in [0.1, 0.15) is 17.1 Å². The number of pyridine rings is 2. The third kappa shape index (κ3) is 4.06. The number of aryl methyl sites for hydroxylation is 1. The van der Waals surface area contributed by atoms with Gasteiger partial charge < -0.3 is 4.42 Å². The zero-order chi connectivity index (χ0) is 27.6. The Bertz CT molecular complexity index is 1850. The van der Waals surface area contributed by atoms with E-state index in [-0.39, 0.29) is 17.5 Å². The molecule has 0 aliphatic carbocycles. The van der Waals surface area contributed by atoms with E-state index in [2.05, 4.69) is 60.4 Å². The number of para-hydroxylation sites is 2. The molecule has 2 aromatic carbocycles. The number of alkyl halides is 3. The van der Waals surface area contributed by atoms with Gasteiger partial charge in [0.15, 0.2) is 0 Å². The SMILES string of the molecule is Cc1cc2nc(-c3cccc4c3oc3nc(C(F)(F)F)ccc34)n(-c3c(C(C)C)cccc3C(C)C)c2cn1. The van der Waals surface area contributed by atoms with E-state index >= 15 is 0 Å². The lowest BCUT2D eigenvalue weighted by Gasteiger charge is -2.22. The maximum Gasteiger partial charge on any atom is 0.433 e. The van der Waals surface area contributed by atoms with Crippen LogP contribution in [0.25, 0.3) is 50.2 Å². The van der Waals surface area contributed by atoms with Gasteiger partial charge in [-0.15, -0.1) is 0 Å². The Balaban J connectivity index is 1.73. The summed E-state index contributed by atoms with van der Waals surface area (Å²) in [6.45, 7) is 10.6. The lowest BCUT2D eigenvalue weighted by molar-refractivity contribution is -0.141. The Morgan fingerprint density at radius 3 is 2.21 bits per heavy atom. The highest BCUT2D eigenvalue weighted by Crippen LogP contribution is 2.41. The number of halogens is 3. The number of hydrogen-bond acceptors (Lipinski definition) is 4. The van der Waals surface area contributed by atoms with E-state index in [0.29, 0.717) is 27.7 Å². The van der Waals surface area contributed by atoms with Crippen LogP contribution in [-0.2, 0) is 6.18 Å². The summed E-state index contributed by atoms with van der Waals surface area (Å²) >= 11 is 0. The van der Waals surface area contributed by atoms with Crippen molar-refractivity contribution in [2.45, 2.75) is 52.6 Å². The normalized spacial score (nSPS) is 12.6. The maximum absolute atomic E-state index is 13.4. The third-order valence-electron chi connectivity index (χ3n) is 7.14. The molecule has 5 nitrogen and oxygen atoms in total. The molecule has 0 aliphatic heterocycles. The Kier molecular flexibility index (Phi) is 5.75. The third-order valence-corrected chi connectivity index (χ3v) is 7.14. The molecule has 0 bridgehead atoms. The molecule has 39 heavy (non-hydrogen) atoms. The highest BCUT2D eigenvalue weighted by molar-refractivity contribution is 6.08. The number of rotatable bonds is 4. The van der Waals surface area contributed by atoms with Gasteiger partial charge in [-0.3, -0.25) is 9.55 Å². The Hall–Kier alpha value is -4.20. The van der Waals surface area contributed by atoms with Crippen molar-refractivity contribution in [1.82, 2.24) is 19.5 Å². The van der Waals surface area contributed by atoms with Gasteiger partial charge in [0, 0.05) is 16.5 Å². The first-order valence-corrected chi connectivity index (χ1v) is 12.9. The van der Waals surface area contributed by atoms with E-state index < -0.39 is 11.9 Å². The molecule has 8 heteroatoms. The number of hydrogen-bond donors (Lipinski definition) is 0. The van der Waals surface area contributed by atoms with Crippen LogP contribution in [0.2, 0.25) is 0 Å². The van der Waals surface area contributed by atoms with Gasteiger partial charge >= 0.3 is 6.18 Å². The average Bonchev–Trinajstić information content (AvgIpc) is 3.44. The summed E-state index contributed by atoms with van der Waals surface area (Å²) in [5, 5.41) is 1.20. The van der Waals surface area contributed by atoms with Crippen molar-refractivity contribution >= 4 is 33.1 Å². The first-order valence-electron chi connectivity index (χ1n) is 12.9. The van der Waals surface area contributed by atoms with Crippen molar-refractivity contribution in [3.8, 4) is 17.1 Å². The zero-order valence-corrected chi connectivity index (χ0v) is 22.3. The highest BCUT2D eigenvalue weighted by Gasteiger charge is 2.33. The smallest absolute Gasteiger partial charge is 0.433 e. The van der Waals surface area contributed by atoms with Crippen molar-refractivity contribution in [3.05, 3.63) is 83.3 Å². The fraction of sp³-hybridized carbons (Fsp3) is 0.258. The van der Waals surface area contributed by atoms with E-state index in [1.165, 1.54) is 6.07 Å². The van der Waals surface area contributed by atoms with Gasteiger partial charge in [-0.25, -0.2) is 9.97 Å². The molecule has 0 atom stereocenters. The predicted octanol–water partition coefficient (Wildman–Crippen LogP) is 8.96. The molecule has 0 amide bonds. The van der Waals surface area contributed by atoms with Crippen molar-refractivity contribution in [1.29, 1.82) is 0 Å². The molecule has 0 N–H and O–H groups in total. The minimum Gasteiger partial charge on any atom is -0.437 e. The average molecular weight is 529 g/mol. The van der Waals surface area contributed by atoms with Crippen LogP contribution in [0.15, 0.2) is 65.2 Å². The van der Waals surface area contributed by atoms with E-state index in [1.807, 2.05) is 37.4 Å². The monoisotopic (exact) mass is 528 g/mol. The summed E-state index contributed by atoms with van der Waals surface area (Å²) in [5.41, 5.74) is 5.88. The lowest BCUT2D eigenvalue weighted by atomic mass is 9.92. The van der Waals surface area contributed by atoms with E-state index in [1.54, 1.807) is 0 Å². The van der Waals surface area contributed by atoms with Crippen LogP contribution in [0, 0.1) is 6.92 Å². The molecular formula is C31H27F3N4O. The van der Waals surface area contributed by atoms with Crippen LogP contribution < -0.4 is 0 Å². The molecule has 0 saturated heterocycles. The number of nitrogens with zero attached hydrogens (tertiary/aromatic N) is 4. The molecule has 6 rings (SSSR count). The summed E-state index contributed by atoms with van der Waals surface area (Å²) in [4.78, 5) is 13.4. The van der Waals surface area contributed by atoms with Gasteiger partial charge in [0.25, 0.3) is 0 Å². The molecule has 198 valence electrons. The predicted molar refractivity (Wildman–Crippen MR) is 147 cm³/mol. The summed E-state index contributed by atoms with van der Waals surface area (Å²) in [7, 11) is 0. The van der Waals surface area contributed by atoms with E-state index in [4.69, 9.17) is 9.40 Å². The highest BCUT2D eigenvalue weighted by atomic mass is 19.4. The van der Waals surface area contributed by atoms with Gasteiger partial charge in [-0.1, -0.05) is 58.0 Å². The topological polar surface area (TPSA) is 56.7 Å². The van der Waals surface area contributed by atoms with Crippen LogP contribution in [0.5, 0.6) is 0 Å². The molecule has 0 saturated carbocycles. The number of benzene rings is 2. The summed E-state index contributed by atoms with van der Waals surface area (Å²) in [6, 6.07) is 16.3. The van der Waals surface area contributed by atoms with Gasteiger partial charge in [-0.05, 0) is 54.2 Å². The molecule has 4 aromatic heterocycles. The van der Waals surface area contributed by atoms with Crippen LogP contribution in [-0.4, -0.2) is 19.5 Å². The summed E-state index contributed by atoms with van der Waals surface area (Å²) in [5.74, 6) is 1.09. The molecule has 0 radical (unpaired) electrons. The number of imidazole rings is 1. The zero-order valence-electron chi connectivity index (χ0n) is 22.3. The Morgan fingerprint density at radius 2 is 1.54 bits per heavy atom. The van der Waals surface area contributed by atoms with Crippen molar-refractivity contribution in [3.63, 3.8) is 0 Å². The molecule has 4 heterocycles.